The normalized spacial score (nSPS) is 21.7. The summed E-state index contributed by atoms with van der Waals surface area (Å²) in [5.74, 6) is 1.48. The van der Waals surface area contributed by atoms with Crippen molar-refractivity contribution in [2.75, 3.05) is 38.2 Å². The molecule has 1 aromatic carbocycles. The van der Waals surface area contributed by atoms with Crippen LogP contribution in [0.15, 0.2) is 43.1 Å². The molecule has 0 spiro atoms. The molecule has 3 aliphatic rings. The van der Waals surface area contributed by atoms with Crippen molar-refractivity contribution < 1.29 is 19.3 Å². The first kappa shape index (κ1) is 32.7. The zero-order valence-corrected chi connectivity index (χ0v) is 28.0. The lowest BCUT2D eigenvalue weighted by Gasteiger charge is -2.38. The Morgan fingerprint density at radius 2 is 1.85 bits per heavy atom. The minimum atomic E-state index is -0.619. The van der Waals surface area contributed by atoms with Gasteiger partial charge in [0.2, 0.25) is 5.95 Å². The highest BCUT2D eigenvalue weighted by Crippen LogP contribution is 2.37. The third-order valence-electron chi connectivity index (χ3n) is 9.72. The van der Waals surface area contributed by atoms with E-state index in [-0.39, 0.29) is 12.1 Å². The number of aromatic nitrogens is 8. The van der Waals surface area contributed by atoms with Gasteiger partial charge >= 0.3 is 0 Å². The van der Waals surface area contributed by atoms with E-state index in [1.54, 1.807) is 29.5 Å². The zero-order chi connectivity index (χ0) is 32.9. The van der Waals surface area contributed by atoms with E-state index >= 15 is 0 Å². The molecule has 0 radical (unpaired) electrons. The molecule has 4 heterocycles. The van der Waals surface area contributed by atoms with E-state index in [9.17, 15) is 5.11 Å². The molecule has 2 aliphatic carbocycles. The van der Waals surface area contributed by atoms with Crippen LogP contribution in [0.5, 0.6) is 11.6 Å². The van der Waals surface area contributed by atoms with Crippen LogP contribution in [-0.4, -0.2) is 101 Å². The number of tetrazole rings is 1. The van der Waals surface area contributed by atoms with Gasteiger partial charge in [-0.05, 0) is 80.0 Å². The Morgan fingerprint density at radius 3 is 2.56 bits per heavy atom. The maximum absolute atomic E-state index is 10.6. The number of ether oxygens (including phenoxy) is 3. The van der Waals surface area contributed by atoms with Crippen molar-refractivity contribution in [3.8, 4) is 22.8 Å². The minimum absolute atomic E-state index is 0.210. The lowest BCUT2D eigenvalue weighted by atomic mass is 9.78. The van der Waals surface area contributed by atoms with Crippen LogP contribution in [0.2, 0.25) is 5.02 Å². The van der Waals surface area contributed by atoms with Crippen LogP contribution < -0.4 is 14.8 Å². The third kappa shape index (κ3) is 7.88. The number of nitrogens with one attached hydrogen (secondary N) is 1. The summed E-state index contributed by atoms with van der Waals surface area (Å²) in [5.41, 5.74) is 1.77. The highest BCUT2D eigenvalue weighted by atomic mass is 35.5. The molecule has 15 heteroatoms. The number of benzene rings is 1. The van der Waals surface area contributed by atoms with Crippen molar-refractivity contribution in [1.82, 2.24) is 44.9 Å². The number of aliphatic hydroxyl groups is 1. The van der Waals surface area contributed by atoms with Crippen LogP contribution >= 0.6 is 11.6 Å². The van der Waals surface area contributed by atoms with Crippen molar-refractivity contribution in [1.29, 1.82) is 0 Å². The fourth-order valence-electron chi connectivity index (χ4n) is 6.77. The highest BCUT2D eigenvalue weighted by molar-refractivity contribution is 6.32. The molecule has 1 unspecified atom stereocenters. The van der Waals surface area contributed by atoms with Gasteiger partial charge in [0, 0.05) is 43.5 Å². The first-order valence-electron chi connectivity index (χ1n) is 16.9. The second kappa shape index (κ2) is 14.7. The summed E-state index contributed by atoms with van der Waals surface area (Å²) in [7, 11) is 0. The summed E-state index contributed by atoms with van der Waals surface area (Å²) in [6.07, 6.45) is 14.5. The Bertz CT molecular complexity index is 1620. The van der Waals surface area contributed by atoms with Crippen LogP contribution in [0.25, 0.3) is 11.1 Å². The number of rotatable bonds is 13. The molecule has 1 saturated heterocycles. The highest BCUT2D eigenvalue weighted by Gasteiger charge is 2.34. The van der Waals surface area contributed by atoms with E-state index in [1.807, 2.05) is 29.9 Å². The average molecular weight is 679 g/mol. The lowest BCUT2D eigenvalue weighted by Crippen LogP contribution is -2.45. The van der Waals surface area contributed by atoms with Crippen LogP contribution in [0, 0.1) is 0 Å². The van der Waals surface area contributed by atoms with Crippen LogP contribution in [-0.2, 0) is 11.3 Å². The SMILES string of the molecule is CC(Cn1cnnn1)Oc1cc(-c2cnc(Nc3cn(C4CCC(N5CCOCC5)CC4)nc3OCCC3(O)CCC3)nc2)ccc1Cl. The van der Waals surface area contributed by atoms with Crippen molar-refractivity contribution in [2.45, 2.75) is 88.6 Å². The number of nitrogens with zero attached hydrogens (tertiary/aromatic N) is 9. The predicted molar refractivity (Wildman–Crippen MR) is 178 cm³/mol. The van der Waals surface area contributed by atoms with Crippen molar-refractivity contribution in [3.05, 3.63) is 48.1 Å². The summed E-state index contributed by atoms with van der Waals surface area (Å²) < 4.78 is 21.5. The molecule has 4 aromatic rings. The Morgan fingerprint density at radius 1 is 1.08 bits per heavy atom. The van der Waals surface area contributed by atoms with Crippen LogP contribution in [0.1, 0.15) is 64.3 Å². The zero-order valence-electron chi connectivity index (χ0n) is 27.2. The molecule has 2 saturated carbocycles. The Labute approximate surface area is 284 Å². The van der Waals surface area contributed by atoms with Gasteiger partial charge in [-0.3, -0.25) is 9.58 Å². The topological polar surface area (TPSA) is 150 Å². The van der Waals surface area contributed by atoms with Crippen molar-refractivity contribution in [3.63, 3.8) is 0 Å². The second-order valence-electron chi connectivity index (χ2n) is 13.1. The maximum atomic E-state index is 10.6. The Hall–Kier alpha value is -3.85. The van der Waals surface area contributed by atoms with Gasteiger partial charge < -0.3 is 24.6 Å². The molecule has 48 heavy (non-hydrogen) atoms. The number of anilines is 2. The third-order valence-corrected chi connectivity index (χ3v) is 10.0. The summed E-state index contributed by atoms with van der Waals surface area (Å²) in [6, 6.07) is 6.48. The van der Waals surface area contributed by atoms with Gasteiger partial charge in [0.25, 0.3) is 5.88 Å². The van der Waals surface area contributed by atoms with Crippen molar-refractivity contribution >= 4 is 23.2 Å². The first-order valence-corrected chi connectivity index (χ1v) is 17.3. The van der Waals surface area contributed by atoms with Gasteiger partial charge in [0.05, 0.1) is 49.2 Å². The molecular formula is C33H43ClN10O4. The summed E-state index contributed by atoms with van der Waals surface area (Å²) in [4.78, 5) is 11.8. The first-order chi connectivity index (χ1) is 23.4. The largest absolute Gasteiger partial charge is 0.487 e. The molecule has 1 atom stereocenters. The number of halogens is 1. The van der Waals surface area contributed by atoms with Gasteiger partial charge in [0.15, 0.2) is 0 Å². The molecule has 256 valence electrons. The lowest BCUT2D eigenvalue weighted by molar-refractivity contribution is -0.0485. The van der Waals surface area contributed by atoms with E-state index in [0.717, 1.165) is 82.4 Å². The molecule has 14 nitrogen and oxygen atoms in total. The van der Waals surface area contributed by atoms with Crippen molar-refractivity contribution in [2.24, 2.45) is 0 Å². The summed E-state index contributed by atoms with van der Waals surface area (Å²) in [6.45, 7) is 6.49. The average Bonchev–Trinajstić information content (AvgIpc) is 3.76. The number of hydrogen-bond acceptors (Lipinski definition) is 12. The molecule has 1 aliphatic heterocycles. The molecular weight excluding hydrogens is 636 g/mol. The van der Waals surface area contributed by atoms with Gasteiger partial charge in [-0.1, -0.05) is 17.7 Å². The van der Waals surface area contributed by atoms with E-state index in [4.69, 9.17) is 30.9 Å². The summed E-state index contributed by atoms with van der Waals surface area (Å²) in [5, 5.41) is 30.6. The van der Waals surface area contributed by atoms with Gasteiger partial charge in [-0.2, -0.15) is 0 Å². The molecule has 3 aromatic heterocycles. The van der Waals surface area contributed by atoms with Crippen LogP contribution in [0.4, 0.5) is 11.6 Å². The van der Waals surface area contributed by atoms with Gasteiger partial charge in [0.1, 0.15) is 23.9 Å². The van der Waals surface area contributed by atoms with E-state index in [2.05, 4.69) is 35.7 Å². The fourth-order valence-corrected chi connectivity index (χ4v) is 6.94. The maximum Gasteiger partial charge on any atom is 0.256 e. The summed E-state index contributed by atoms with van der Waals surface area (Å²) >= 11 is 6.46. The second-order valence-corrected chi connectivity index (χ2v) is 13.5. The molecule has 2 N–H and O–H groups in total. The van der Waals surface area contributed by atoms with Gasteiger partial charge in [-0.15, -0.1) is 10.2 Å². The smallest absolute Gasteiger partial charge is 0.256 e. The van der Waals surface area contributed by atoms with Gasteiger partial charge in [-0.25, -0.2) is 14.6 Å². The molecule has 0 amide bonds. The van der Waals surface area contributed by atoms with Crippen LogP contribution in [0.3, 0.4) is 0 Å². The van der Waals surface area contributed by atoms with E-state index in [1.165, 1.54) is 0 Å². The monoisotopic (exact) mass is 678 g/mol. The molecule has 3 fully saturated rings. The standard InChI is InChI=1S/C33H43ClN10O4/c1-23(20-43-22-37-40-41-43)48-30-17-24(3-8-28(30)34)25-18-35-32(36-19-25)38-29-21-44(39-31(29)47-14-11-33(45)9-2-10-33)27-6-4-26(5-7-27)42-12-15-46-16-13-42/h3,8,17-19,21-23,26-27,45H,2,4-7,9-16,20H2,1H3,(H,35,36,38). The number of hydrogen-bond donors (Lipinski definition) is 2. The van der Waals surface area contributed by atoms with E-state index in [0.29, 0.717) is 53.9 Å². The molecule has 0 bridgehead atoms. The minimum Gasteiger partial charge on any atom is -0.487 e. The fraction of sp³-hybridized carbons (Fsp3) is 0.576. The molecule has 7 rings (SSSR count). The number of morpholine rings is 1. The quantitative estimate of drug-likeness (QED) is 0.202. The predicted octanol–water partition coefficient (Wildman–Crippen LogP) is 4.69. The van der Waals surface area contributed by atoms with E-state index < -0.39 is 5.60 Å². The Kier molecular flexibility index (Phi) is 10.0. The Balaban J connectivity index is 1.02.